The number of aliphatic hydroxyl groups excluding tert-OH is 1. The second-order valence-electron chi connectivity index (χ2n) is 5.63. The van der Waals surface area contributed by atoms with Gasteiger partial charge in [0.1, 0.15) is 12.4 Å². The van der Waals surface area contributed by atoms with Crippen LogP contribution in [0.15, 0.2) is 66.7 Å². The van der Waals surface area contributed by atoms with Gasteiger partial charge in [0.2, 0.25) is 0 Å². The van der Waals surface area contributed by atoms with E-state index >= 15 is 0 Å². The predicted octanol–water partition coefficient (Wildman–Crippen LogP) is 3.63. The third-order valence-electron chi connectivity index (χ3n) is 3.91. The highest BCUT2D eigenvalue weighted by atomic mass is 16.6. The predicted molar refractivity (Wildman–Crippen MR) is 98.3 cm³/mol. The van der Waals surface area contributed by atoms with Crippen LogP contribution in [0, 0.1) is 0 Å². The summed E-state index contributed by atoms with van der Waals surface area (Å²) in [6.07, 6.45) is 0. The summed E-state index contributed by atoms with van der Waals surface area (Å²) in [5, 5.41) is 18.3. The van der Waals surface area contributed by atoms with E-state index in [0.29, 0.717) is 5.75 Å². The number of benzene rings is 3. The summed E-state index contributed by atoms with van der Waals surface area (Å²) in [6.45, 7) is -0.695. The normalized spacial score (nSPS) is 10.4. The molecular formula is C21H18O5. The van der Waals surface area contributed by atoms with Crippen LogP contribution in [-0.4, -0.2) is 29.9 Å². The maximum Gasteiger partial charge on any atom is 0.337 e. The minimum Gasteiger partial charge on any atom is -0.508 e. The number of ether oxygens (including phenoxy) is 2. The summed E-state index contributed by atoms with van der Waals surface area (Å²) >= 11 is 0. The van der Waals surface area contributed by atoms with E-state index < -0.39 is 12.6 Å². The molecule has 0 unspecified atom stereocenters. The number of hydrogen-bond donors (Lipinski definition) is 2. The lowest BCUT2D eigenvalue weighted by molar-refractivity contribution is -0.137. The van der Waals surface area contributed by atoms with E-state index in [1.807, 2.05) is 42.5 Å². The Morgan fingerprint density at radius 2 is 1.46 bits per heavy atom. The van der Waals surface area contributed by atoms with E-state index in [1.54, 1.807) is 24.3 Å². The van der Waals surface area contributed by atoms with Gasteiger partial charge in [0, 0.05) is 0 Å². The molecule has 0 aromatic heterocycles. The fraction of sp³-hybridized carbons (Fsp3) is 0.0952. The fourth-order valence-electron chi connectivity index (χ4n) is 2.62. The Labute approximate surface area is 151 Å². The molecule has 5 nitrogen and oxygen atoms in total. The summed E-state index contributed by atoms with van der Waals surface area (Å²) in [5.74, 6) is 0.136. The molecule has 0 aliphatic rings. The van der Waals surface area contributed by atoms with Gasteiger partial charge in [0.25, 0.3) is 0 Å². The zero-order chi connectivity index (χ0) is 18.5. The van der Waals surface area contributed by atoms with Crippen molar-refractivity contribution in [3.8, 4) is 39.5 Å². The van der Waals surface area contributed by atoms with Gasteiger partial charge in [-0.1, -0.05) is 36.4 Å². The molecule has 5 heteroatoms. The minimum atomic E-state index is -0.745. The summed E-state index contributed by atoms with van der Waals surface area (Å²) in [4.78, 5) is 11.3. The number of carbonyl (C=O) groups excluding carboxylic acids is 1. The zero-order valence-corrected chi connectivity index (χ0v) is 14.2. The number of methoxy groups -OCH3 is 1. The van der Waals surface area contributed by atoms with Crippen LogP contribution in [0.5, 0.6) is 17.2 Å². The molecule has 3 aromatic carbocycles. The molecule has 0 bridgehead atoms. The van der Waals surface area contributed by atoms with Gasteiger partial charge >= 0.3 is 5.97 Å². The van der Waals surface area contributed by atoms with Crippen LogP contribution in [-0.2, 0) is 4.79 Å². The number of aromatic hydroxyl groups is 1. The van der Waals surface area contributed by atoms with Gasteiger partial charge in [-0.25, -0.2) is 4.79 Å². The third kappa shape index (κ3) is 3.84. The minimum absolute atomic E-state index is 0.225. The molecule has 0 saturated carbocycles. The second kappa shape index (κ2) is 7.72. The lowest BCUT2D eigenvalue weighted by Gasteiger charge is -2.11. The largest absolute Gasteiger partial charge is 0.508 e. The van der Waals surface area contributed by atoms with Gasteiger partial charge < -0.3 is 19.7 Å². The van der Waals surface area contributed by atoms with Gasteiger partial charge in [-0.05, 0) is 52.6 Å². The van der Waals surface area contributed by atoms with E-state index in [2.05, 4.69) is 0 Å². The van der Waals surface area contributed by atoms with E-state index in [1.165, 1.54) is 7.11 Å². The Bertz CT molecular complexity index is 916. The van der Waals surface area contributed by atoms with Crippen LogP contribution < -0.4 is 9.47 Å². The molecule has 0 fully saturated rings. The van der Waals surface area contributed by atoms with Gasteiger partial charge in [-0.3, -0.25) is 0 Å². The first-order valence-corrected chi connectivity index (χ1v) is 8.00. The molecule has 0 saturated heterocycles. The van der Waals surface area contributed by atoms with E-state index in [-0.39, 0.29) is 11.5 Å². The van der Waals surface area contributed by atoms with Crippen LogP contribution in [0.25, 0.3) is 22.3 Å². The van der Waals surface area contributed by atoms with Crippen molar-refractivity contribution in [1.82, 2.24) is 0 Å². The zero-order valence-electron chi connectivity index (χ0n) is 14.2. The molecule has 0 aliphatic carbocycles. The SMILES string of the molecule is COc1cc(-c2cccc(-c3ccc(O)cc3)c2)ccc1OC(=O)CO. The molecule has 0 heterocycles. The molecule has 3 rings (SSSR count). The van der Waals surface area contributed by atoms with Crippen LogP contribution in [0.2, 0.25) is 0 Å². The van der Waals surface area contributed by atoms with Crippen molar-refractivity contribution in [1.29, 1.82) is 0 Å². The lowest BCUT2D eigenvalue weighted by Crippen LogP contribution is -2.12. The quantitative estimate of drug-likeness (QED) is 0.543. The van der Waals surface area contributed by atoms with E-state index in [0.717, 1.165) is 22.3 Å². The highest BCUT2D eigenvalue weighted by Gasteiger charge is 2.11. The molecule has 0 amide bonds. The van der Waals surface area contributed by atoms with Crippen molar-refractivity contribution in [2.75, 3.05) is 13.7 Å². The smallest absolute Gasteiger partial charge is 0.337 e. The summed E-state index contributed by atoms with van der Waals surface area (Å²) < 4.78 is 10.3. The topological polar surface area (TPSA) is 76.0 Å². The first-order chi connectivity index (χ1) is 12.6. The molecule has 0 radical (unpaired) electrons. The van der Waals surface area contributed by atoms with Gasteiger partial charge in [-0.15, -0.1) is 0 Å². The van der Waals surface area contributed by atoms with Crippen molar-refractivity contribution >= 4 is 5.97 Å². The van der Waals surface area contributed by atoms with Crippen molar-refractivity contribution in [2.45, 2.75) is 0 Å². The lowest BCUT2D eigenvalue weighted by atomic mass is 9.99. The number of phenols is 1. The molecular weight excluding hydrogens is 332 g/mol. The number of carbonyl (C=O) groups is 1. The Kier molecular flexibility index (Phi) is 5.20. The Hall–Kier alpha value is -3.31. The van der Waals surface area contributed by atoms with E-state index in [9.17, 15) is 9.90 Å². The van der Waals surface area contributed by atoms with Gasteiger partial charge in [-0.2, -0.15) is 0 Å². The average Bonchev–Trinajstić information content (AvgIpc) is 2.68. The van der Waals surface area contributed by atoms with Crippen LogP contribution in [0.1, 0.15) is 0 Å². The molecule has 0 aliphatic heterocycles. The highest BCUT2D eigenvalue weighted by molar-refractivity contribution is 5.77. The maximum absolute atomic E-state index is 11.3. The Morgan fingerprint density at radius 3 is 2.12 bits per heavy atom. The Morgan fingerprint density at radius 1 is 0.846 bits per heavy atom. The van der Waals surface area contributed by atoms with Crippen LogP contribution in [0.4, 0.5) is 0 Å². The number of hydrogen-bond acceptors (Lipinski definition) is 5. The standard InChI is InChI=1S/C21H18O5/c1-25-20-12-17(7-10-19(20)26-21(24)13-22)16-4-2-3-15(11-16)14-5-8-18(23)9-6-14/h2-12,22-23H,13H2,1H3. The number of phenolic OH excluding ortho intramolecular Hbond substituents is 1. The molecule has 0 atom stereocenters. The van der Waals surface area contributed by atoms with Crippen molar-refractivity contribution in [3.05, 3.63) is 66.7 Å². The monoisotopic (exact) mass is 350 g/mol. The molecule has 2 N–H and O–H groups in total. The van der Waals surface area contributed by atoms with Crippen molar-refractivity contribution in [2.24, 2.45) is 0 Å². The number of aliphatic hydroxyl groups is 1. The van der Waals surface area contributed by atoms with E-state index in [4.69, 9.17) is 14.6 Å². The van der Waals surface area contributed by atoms with Crippen molar-refractivity contribution in [3.63, 3.8) is 0 Å². The van der Waals surface area contributed by atoms with Gasteiger partial charge in [0.05, 0.1) is 7.11 Å². The second-order valence-corrected chi connectivity index (χ2v) is 5.63. The molecule has 3 aromatic rings. The maximum atomic E-state index is 11.3. The molecule has 0 spiro atoms. The third-order valence-corrected chi connectivity index (χ3v) is 3.91. The average molecular weight is 350 g/mol. The van der Waals surface area contributed by atoms with Crippen LogP contribution in [0.3, 0.4) is 0 Å². The Balaban J connectivity index is 1.95. The molecule has 132 valence electrons. The first-order valence-electron chi connectivity index (χ1n) is 8.00. The summed E-state index contributed by atoms with van der Waals surface area (Å²) in [6, 6.07) is 20.2. The molecule has 26 heavy (non-hydrogen) atoms. The van der Waals surface area contributed by atoms with Gasteiger partial charge in [0.15, 0.2) is 11.5 Å². The van der Waals surface area contributed by atoms with Crippen molar-refractivity contribution < 1.29 is 24.5 Å². The number of rotatable bonds is 5. The first kappa shape index (κ1) is 17.5. The number of esters is 1. The summed E-state index contributed by atoms with van der Waals surface area (Å²) in [5.41, 5.74) is 3.86. The summed E-state index contributed by atoms with van der Waals surface area (Å²) in [7, 11) is 1.49. The highest BCUT2D eigenvalue weighted by Crippen LogP contribution is 2.34. The van der Waals surface area contributed by atoms with Crippen LogP contribution >= 0.6 is 0 Å². The fourth-order valence-corrected chi connectivity index (χ4v) is 2.62.